The Morgan fingerprint density at radius 2 is 1.92 bits per heavy atom. The van der Waals surface area contributed by atoms with Crippen molar-refractivity contribution in [3.63, 3.8) is 0 Å². The molecule has 26 heavy (non-hydrogen) atoms. The van der Waals surface area contributed by atoms with Crippen LogP contribution >= 0.6 is 0 Å². The van der Waals surface area contributed by atoms with Crippen molar-refractivity contribution in [3.05, 3.63) is 47.7 Å². The molecule has 0 fully saturated rings. The van der Waals surface area contributed by atoms with E-state index in [1.807, 2.05) is 44.2 Å². The van der Waals surface area contributed by atoms with Crippen LogP contribution in [-0.4, -0.2) is 29.6 Å². The first-order valence-electron chi connectivity index (χ1n) is 9.03. The highest BCUT2D eigenvalue weighted by molar-refractivity contribution is 5.51. The van der Waals surface area contributed by atoms with Crippen LogP contribution in [0.2, 0.25) is 0 Å². The smallest absolute Gasteiger partial charge is 0.213 e. The van der Waals surface area contributed by atoms with Gasteiger partial charge in [0.15, 0.2) is 0 Å². The van der Waals surface area contributed by atoms with Crippen LogP contribution in [0.25, 0.3) is 0 Å². The first-order chi connectivity index (χ1) is 12.6. The summed E-state index contributed by atoms with van der Waals surface area (Å²) in [7, 11) is 0. The summed E-state index contributed by atoms with van der Waals surface area (Å²) in [5.74, 6) is 1.80. The molecule has 2 rings (SSSR count). The van der Waals surface area contributed by atoms with Gasteiger partial charge in [0, 0.05) is 24.2 Å². The summed E-state index contributed by atoms with van der Waals surface area (Å²) in [5, 5.41) is 10.4. The summed E-state index contributed by atoms with van der Waals surface area (Å²) in [6.07, 6.45) is 5.52. The number of aromatic nitrogens is 1. The Morgan fingerprint density at radius 1 is 1.15 bits per heavy atom. The number of pyridine rings is 1. The Kier molecular flexibility index (Phi) is 7.93. The molecule has 5 heteroatoms. The van der Waals surface area contributed by atoms with Gasteiger partial charge >= 0.3 is 0 Å². The van der Waals surface area contributed by atoms with Crippen LogP contribution in [0, 0.1) is 12.8 Å². The van der Waals surface area contributed by atoms with Crippen molar-refractivity contribution >= 4 is 6.29 Å². The monoisotopic (exact) mass is 357 g/mol. The molecule has 0 aliphatic carbocycles. The standard InChI is InChI=1S/C21H27NO4/c1-16(10-12-23)15-18-8-9-19(17(2)21(18)24)25-13-5-6-14-26-20-7-3-4-11-22-20/h3-4,7-9,11-12,16,24H,5-6,10,13-15H2,1-2H3. The number of hydrogen-bond acceptors (Lipinski definition) is 5. The van der Waals surface area contributed by atoms with Crippen molar-refractivity contribution < 1.29 is 19.4 Å². The predicted molar refractivity (Wildman–Crippen MR) is 101 cm³/mol. The average molecular weight is 357 g/mol. The Morgan fingerprint density at radius 3 is 2.62 bits per heavy atom. The Balaban J connectivity index is 1.75. The van der Waals surface area contributed by atoms with Gasteiger partial charge in [0.25, 0.3) is 0 Å². The summed E-state index contributed by atoms with van der Waals surface area (Å²) in [6.45, 7) is 5.01. The Bertz CT molecular complexity index is 688. The van der Waals surface area contributed by atoms with Crippen molar-refractivity contribution in [2.24, 2.45) is 5.92 Å². The molecule has 1 heterocycles. The fraction of sp³-hybridized carbons (Fsp3) is 0.429. The zero-order valence-corrected chi connectivity index (χ0v) is 15.5. The number of nitrogens with zero attached hydrogens (tertiary/aromatic N) is 1. The van der Waals surface area contributed by atoms with Crippen LogP contribution in [0.5, 0.6) is 17.4 Å². The third-order valence-electron chi connectivity index (χ3n) is 4.22. The maximum atomic E-state index is 10.6. The lowest BCUT2D eigenvalue weighted by Gasteiger charge is -2.15. The molecule has 5 nitrogen and oxygen atoms in total. The van der Waals surface area contributed by atoms with Crippen molar-refractivity contribution in [2.75, 3.05) is 13.2 Å². The van der Waals surface area contributed by atoms with Crippen LogP contribution in [0.3, 0.4) is 0 Å². The van der Waals surface area contributed by atoms with Crippen LogP contribution < -0.4 is 9.47 Å². The summed E-state index contributed by atoms with van der Waals surface area (Å²) in [4.78, 5) is 14.7. The number of phenols is 1. The highest BCUT2D eigenvalue weighted by Gasteiger charge is 2.12. The van der Waals surface area contributed by atoms with Gasteiger partial charge in [-0.3, -0.25) is 0 Å². The second-order valence-corrected chi connectivity index (χ2v) is 6.48. The van der Waals surface area contributed by atoms with Crippen molar-refractivity contribution in [3.8, 4) is 17.4 Å². The minimum atomic E-state index is 0.212. The number of rotatable bonds is 11. The molecule has 1 unspecified atom stereocenters. The van der Waals surface area contributed by atoms with Crippen molar-refractivity contribution in [2.45, 2.75) is 39.5 Å². The SMILES string of the molecule is Cc1c(OCCCCOc2ccccn2)ccc(CC(C)CC=O)c1O. The number of aromatic hydroxyl groups is 1. The molecule has 0 saturated heterocycles. The molecule has 0 bridgehead atoms. The van der Waals surface area contributed by atoms with E-state index in [2.05, 4.69) is 4.98 Å². The van der Waals surface area contributed by atoms with Crippen molar-refractivity contribution in [1.29, 1.82) is 0 Å². The topological polar surface area (TPSA) is 68.7 Å². The van der Waals surface area contributed by atoms with Crippen molar-refractivity contribution in [1.82, 2.24) is 4.98 Å². The van der Waals surface area contributed by atoms with Gasteiger partial charge < -0.3 is 19.4 Å². The molecule has 0 saturated carbocycles. The molecule has 0 radical (unpaired) electrons. The maximum absolute atomic E-state index is 10.6. The number of carbonyl (C=O) groups is 1. The molecule has 0 aliphatic rings. The van der Waals surface area contributed by atoms with Crippen LogP contribution in [0.4, 0.5) is 0 Å². The first-order valence-corrected chi connectivity index (χ1v) is 9.03. The van der Waals surface area contributed by atoms with Crippen LogP contribution in [0.15, 0.2) is 36.5 Å². The quantitative estimate of drug-likeness (QED) is 0.484. The number of aldehydes is 1. The normalized spacial score (nSPS) is 11.8. The van der Waals surface area contributed by atoms with E-state index in [0.29, 0.717) is 37.7 Å². The first kappa shape index (κ1) is 19.8. The van der Waals surface area contributed by atoms with E-state index < -0.39 is 0 Å². The van der Waals surface area contributed by atoms with Gasteiger partial charge in [-0.2, -0.15) is 0 Å². The van der Waals surface area contributed by atoms with Gasteiger partial charge in [0.2, 0.25) is 5.88 Å². The van der Waals surface area contributed by atoms with Gasteiger partial charge in [-0.1, -0.05) is 19.1 Å². The van der Waals surface area contributed by atoms with Gasteiger partial charge in [-0.25, -0.2) is 4.98 Å². The molecule has 1 N–H and O–H groups in total. The largest absolute Gasteiger partial charge is 0.507 e. The highest BCUT2D eigenvalue weighted by atomic mass is 16.5. The van der Waals surface area contributed by atoms with E-state index >= 15 is 0 Å². The number of benzene rings is 1. The average Bonchev–Trinajstić information content (AvgIpc) is 2.64. The second kappa shape index (κ2) is 10.4. The van der Waals surface area contributed by atoms with Gasteiger partial charge in [0.1, 0.15) is 17.8 Å². The number of ether oxygens (including phenoxy) is 2. The third-order valence-corrected chi connectivity index (χ3v) is 4.22. The highest BCUT2D eigenvalue weighted by Crippen LogP contribution is 2.32. The zero-order chi connectivity index (χ0) is 18.8. The number of phenolic OH excluding ortho intramolecular Hbond substituents is 1. The van der Waals surface area contributed by atoms with E-state index in [-0.39, 0.29) is 11.7 Å². The lowest BCUT2D eigenvalue weighted by Crippen LogP contribution is -2.05. The van der Waals surface area contributed by atoms with E-state index in [0.717, 1.165) is 30.3 Å². The molecule has 1 atom stereocenters. The maximum Gasteiger partial charge on any atom is 0.213 e. The number of hydrogen-bond donors (Lipinski definition) is 1. The second-order valence-electron chi connectivity index (χ2n) is 6.48. The molecule has 0 spiro atoms. The summed E-state index contributed by atoms with van der Waals surface area (Å²) in [5.41, 5.74) is 1.60. The molecule has 1 aromatic carbocycles. The van der Waals surface area contributed by atoms with E-state index in [1.165, 1.54) is 0 Å². The fourth-order valence-electron chi connectivity index (χ4n) is 2.68. The summed E-state index contributed by atoms with van der Waals surface area (Å²) >= 11 is 0. The third kappa shape index (κ3) is 6.06. The van der Waals surface area contributed by atoms with Gasteiger partial charge in [-0.05, 0) is 49.8 Å². The van der Waals surface area contributed by atoms with Crippen LogP contribution in [0.1, 0.15) is 37.3 Å². The zero-order valence-electron chi connectivity index (χ0n) is 15.5. The molecular weight excluding hydrogens is 330 g/mol. The molecule has 1 aromatic heterocycles. The molecule has 140 valence electrons. The minimum Gasteiger partial charge on any atom is -0.507 e. The number of unbranched alkanes of at least 4 members (excludes halogenated alkanes) is 1. The van der Waals surface area contributed by atoms with Gasteiger partial charge in [0.05, 0.1) is 13.2 Å². The van der Waals surface area contributed by atoms with E-state index in [9.17, 15) is 9.90 Å². The summed E-state index contributed by atoms with van der Waals surface area (Å²) < 4.78 is 11.3. The van der Waals surface area contributed by atoms with E-state index in [1.54, 1.807) is 6.20 Å². The predicted octanol–water partition coefficient (Wildman–Crippen LogP) is 4.10. The summed E-state index contributed by atoms with van der Waals surface area (Å²) in [6, 6.07) is 9.35. The molecule has 2 aromatic rings. The van der Waals surface area contributed by atoms with Gasteiger partial charge in [-0.15, -0.1) is 0 Å². The van der Waals surface area contributed by atoms with E-state index in [4.69, 9.17) is 9.47 Å². The minimum absolute atomic E-state index is 0.212. The molecule has 0 amide bonds. The number of carbonyl (C=O) groups excluding carboxylic acids is 1. The molecule has 0 aliphatic heterocycles. The lowest BCUT2D eigenvalue weighted by atomic mass is 9.96. The Labute approximate surface area is 155 Å². The van der Waals surface area contributed by atoms with Crippen LogP contribution in [-0.2, 0) is 11.2 Å². The fourth-order valence-corrected chi connectivity index (χ4v) is 2.68. The Hall–Kier alpha value is -2.56. The molecular formula is C21H27NO4. The lowest BCUT2D eigenvalue weighted by molar-refractivity contribution is -0.108.